The molecule has 1 heterocycles. The molecule has 3 heteroatoms. The van der Waals surface area contributed by atoms with Gasteiger partial charge in [-0.05, 0) is 44.4 Å². The van der Waals surface area contributed by atoms with E-state index >= 15 is 0 Å². The number of imidazole rings is 1. The predicted octanol–water partition coefficient (Wildman–Crippen LogP) is 3.28. The molecule has 96 valence electrons. The Morgan fingerprint density at radius 3 is 2.47 bits per heavy atom. The first kappa shape index (κ1) is 12.6. The van der Waals surface area contributed by atoms with Crippen LogP contribution in [0.2, 0.25) is 0 Å². The minimum absolute atomic E-state index is 0.339. The van der Waals surface area contributed by atoms with Gasteiger partial charge in [0, 0.05) is 18.4 Å². The molecule has 3 nitrogen and oxygen atoms in total. The van der Waals surface area contributed by atoms with Crippen LogP contribution in [0.1, 0.15) is 58.3 Å². The van der Waals surface area contributed by atoms with E-state index in [4.69, 9.17) is 0 Å². The van der Waals surface area contributed by atoms with Gasteiger partial charge in [-0.15, -0.1) is 0 Å². The summed E-state index contributed by atoms with van der Waals surface area (Å²) in [7, 11) is 0. The van der Waals surface area contributed by atoms with E-state index < -0.39 is 0 Å². The van der Waals surface area contributed by atoms with Crippen LogP contribution in [-0.2, 0) is 0 Å². The number of aromatic amines is 1. The third-order valence-electron chi connectivity index (χ3n) is 4.13. The topological polar surface area (TPSA) is 40.7 Å². The number of nitrogens with zero attached hydrogens (tertiary/aromatic N) is 1. The van der Waals surface area contributed by atoms with Crippen molar-refractivity contribution in [2.75, 3.05) is 0 Å². The van der Waals surface area contributed by atoms with E-state index in [0.717, 1.165) is 17.7 Å². The van der Waals surface area contributed by atoms with E-state index in [2.05, 4.69) is 36.1 Å². The normalized spacial score (nSPS) is 27.3. The second-order valence-electron chi connectivity index (χ2n) is 5.72. The summed E-state index contributed by atoms with van der Waals surface area (Å²) < 4.78 is 0. The number of H-pyrrole nitrogens is 1. The van der Waals surface area contributed by atoms with Crippen molar-refractivity contribution in [2.45, 2.75) is 58.5 Å². The van der Waals surface area contributed by atoms with Crippen molar-refractivity contribution in [1.82, 2.24) is 15.3 Å². The van der Waals surface area contributed by atoms with Crippen molar-refractivity contribution >= 4 is 0 Å². The smallest absolute Gasteiger partial charge is 0.122 e. The van der Waals surface area contributed by atoms with Gasteiger partial charge in [-0.1, -0.05) is 13.8 Å². The second-order valence-corrected chi connectivity index (χ2v) is 5.72. The third-order valence-corrected chi connectivity index (χ3v) is 4.13. The van der Waals surface area contributed by atoms with Crippen molar-refractivity contribution in [3.63, 3.8) is 0 Å². The summed E-state index contributed by atoms with van der Waals surface area (Å²) in [5, 5.41) is 3.69. The molecule has 17 heavy (non-hydrogen) atoms. The molecule has 1 unspecified atom stereocenters. The first-order valence-corrected chi connectivity index (χ1v) is 6.92. The van der Waals surface area contributed by atoms with Gasteiger partial charge in [-0.2, -0.15) is 0 Å². The zero-order valence-electron chi connectivity index (χ0n) is 11.2. The predicted molar refractivity (Wildman–Crippen MR) is 70.7 cm³/mol. The van der Waals surface area contributed by atoms with Crippen LogP contribution in [0.4, 0.5) is 0 Å². The van der Waals surface area contributed by atoms with E-state index in [1.165, 1.54) is 25.7 Å². The summed E-state index contributed by atoms with van der Waals surface area (Å²) in [5.74, 6) is 2.83. The number of hydrogen-bond donors (Lipinski definition) is 2. The minimum atomic E-state index is 0.339. The quantitative estimate of drug-likeness (QED) is 0.841. The lowest BCUT2D eigenvalue weighted by molar-refractivity contribution is 0.229. The SMILES string of the molecule is CC(NC1CCC(C(C)C)CC1)c1ncc[nH]1. The zero-order chi connectivity index (χ0) is 12.3. The summed E-state index contributed by atoms with van der Waals surface area (Å²) in [6.45, 7) is 6.89. The molecule has 0 bridgehead atoms. The Bertz CT molecular complexity index is 310. The fraction of sp³-hybridized carbons (Fsp3) is 0.786. The van der Waals surface area contributed by atoms with Gasteiger partial charge in [0.1, 0.15) is 5.82 Å². The summed E-state index contributed by atoms with van der Waals surface area (Å²) in [4.78, 5) is 7.49. The Kier molecular flexibility index (Phi) is 4.21. The molecule has 1 aliphatic carbocycles. The van der Waals surface area contributed by atoms with E-state index in [1.807, 2.05) is 12.4 Å². The average Bonchev–Trinajstić information content (AvgIpc) is 2.83. The highest BCUT2D eigenvalue weighted by Crippen LogP contribution is 2.30. The molecule has 1 fully saturated rings. The monoisotopic (exact) mass is 235 g/mol. The van der Waals surface area contributed by atoms with Gasteiger partial charge in [0.15, 0.2) is 0 Å². The van der Waals surface area contributed by atoms with Crippen molar-refractivity contribution in [1.29, 1.82) is 0 Å². The van der Waals surface area contributed by atoms with E-state index in [0.29, 0.717) is 12.1 Å². The molecule has 1 aromatic heterocycles. The van der Waals surface area contributed by atoms with E-state index in [1.54, 1.807) is 0 Å². The Hall–Kier alpha value is -0.830. The molecule has 0 aliphatic heterocycles. The molecule has 0 spiro atoms. The van der Waals surface area contributed by atoms with E-state index in [-0.39, 0.29) is 0 Å². The van der Waals surface area contributed by atoms with Gasteiger partial charge in [0.2, 0.25) is 0 Å². The highest BCUT2D eigenvalue weighted by molar-refractivity contribution is 4.95. The number of nitrogens with one attached hydrogen (secondary N) is 2. The maximum absolute atomic E-state index is 4.31. The maximum atomic E-state index is 4.31. The largest absolute Gasteiger partial charge is 0.347 e. The van der Waals surface area contributed by atoms with Crippen LogP contribution in [0, 0.1) is 11.8 Å². The van der Waals surface area contributed by atoms with E-state index in [9.17, 15) is 0 Å². The van der Waals surface area contributed by atoms with Crippen LogP contribution in [0.5, 0.6) is 0 Å². The summed E-state index contributed by atoms with van der Waals surface area (Å²) >= 11 is 0. The molecule has 1 saturated carbocycles. The van der Waals surface area contributed by atoms with Crippen LogP contribution in [0.15, 0.2) is 12.4 Å². The molecule has 1 atom stereocenters. The first-order valence-electron chi connectivity index (χ1n) is 6.92. The Morgan fingerprint density at radius 1 is 1.24 bits per heavy atom. The summed E-state index contributed by atoms with van der Waals surface area (Å²) in [6.07, 6.45) is 9.09. The molecule has 1 aliphatic rings. The lowest BCUT2D eigenvalue weighted by Crippen LogP contribution is -2.36. The van der Waals surface area contributed by atoms with Crippen LogP contribution >= 0.6 is 0 Å². The molecule has 0 aromatic carbocycles. The zero-order valence-corrected chi connectivity index (χ0v) is 11.2. The molecule has 1 aromatic rings. The average molecular weight is 235 g/mol. The van der Waals surface area contributed by atoms with Gasteiger partial charge in [-0.25, -0.2) is 4.98 Å². The lowest BCUT2D eigenvalue weighted by atomic mass is 9.79. The van der Waals surface area contributed by atoms with Gasteiger partial charge in [0.25, 0.3) is 0 Å². The summed E-state index contributed by atoms with van der Waals surface area (Å²) in [5.41, 5.74) is 0. The minimum Gasteiger partial charge on any atom is -0.347 e. The molecule has 0 saturated heterocycles. The Balaban J connectivity index is 1.78. The third kappa shape index (κ3) is 3.32. The van der Waals surface area contributed by atoms with Crippen LogP contribution in [-0.4, -0.2) is 16.0 Å². The summed E-state index contributed by atoms with van der Waals surface area (Å²) in [6, 6.07) is 1.01. The number of rotatable bonds is 4. The Morgan fingerprint density at radius 2 is 1.94 bits per heavy atom. The maximum Gasteiger partial charge on any atom is 0.122 e. The van der Waals surface area contributed by atoms with Gasteiger partial charge in [0.05, 0.1) is 6.04 Å². The van der Waals surface area contributed by atoms with Crippen molar-refractivity contribution < 1.29 is 0 Å². The van der Waals surface area contributed by atoms with Gasteiger partial charge < -0.3 is 10.3 Å². The van der Waals surface area contributed by atoms with Crippen LogP contribution < -0.4 is 5.32 Å². The number of hydrogen-bond acceptors (Lipinski definition) is 2. The number of aromatic nitrogens is 2. The van der Waals surface area contributed by atoms with Gasteiger partial charge >= 0.3 is 0 Å². The standard InChI is InChI=1S/C14H25N3/c1-10(2)12-4-6-13(7-5-12)17-11(3)14-15-8-9-16-14/h8-13,17H,4-7H2,1-3H3,(H,15,16). The van der Waals surface area contributed by atoms with Crippen LogP contribution in [0.3, 0.4) is 0 Å². The Labute approximate surface area is 104 Å². The second kappa shape index (κ2) is 5.67. The van der Waals surface area contributed by atoms with Crippen molar-refractivity contribution in [3.8, 4) is 0 Å². The first-order chi connectivity index (χ1) is 8.16. The van der Waals surface area contributed by atoms with Gasteiger partial charge in [-0.3, -0.25) is 0 Å². The fourth-order valence-corrected chi connectivity index (χ4v) is 2.90. The molecule has 0 amide bonds. The van der Waals surface area contributed by atoms with Crippen LogP contribution in [0.25, 0.3) is 0 Å². The fourth-order valence-electron chi connectivity index (χ4n) is 2.90. The molecule has 0 radical (unpaired) electrons. The molecule has 2 rings (SSSR count). The molecular formula is C14H25N3. The highest BCUT2D eigenvalue weighted by atomic mass is 15.0. The lowest BCUT2D eigenvalue weighted by Gasteiger charge is -2.32. The van der Waals surface area contributed by atoms with Crippen molar-refractivity contribution in [3.05, 3.63) is 18.2 Å². The molecule has 2 N–H and O–H groups in total. The van der Waals surface area contributed by atoms with Crippen molar-refractivity contribution in [2.24, 2.45) is 11.8 Å². The molecular weight excluding hydrogens is 210 g/mol. The highest BCUT2D eigenvalue weighted by Gasteiger charge is 2.24.